The molecule has 2 atom stereocenters. The van der Waals surface area contributed by atoms with Crippen molar-refractivity contribution >= 4 is 0 Å². The van der Waals surface area contributed by atoms with E-state index in [2.05, 4.69) is 25.9 Å². The van der Waals surface area contributed by atoms with Gasteiger partial charge in [-0.1, -0.05) is 19.8 Å². The molecular formula is C10H21N. The monoisotopic (exact) mass is 155 g/mol. The standard InChI is InChI=1S/C10H21N/c1-9-5-4-6-10(7-9)8-11(2)3/h9-10H,4-8H2,1-3H3/t9-,10?/m1/s1. The van der Waals surface area contributed by atoms with Crippen molar-refractivity contribution in [2.45, 2.75) is 32.6 Å². The minimum atomic E-state index is 0.980. The van der Waals surface area contributed by atoms with E-state index in [0.717, 1.165) is 11.8 Å². The van der Waals surface area contributed by atoms with Crippen LogP contribution in [0.2, 0.25) is 0 Å². The lowest BCUT2D eigenvalue weighted by molar-refractivity contribution is 0.224. The van der Waals surface area contributed by atoms with Crippen LogP contribution < -0.4 is 0 Å². The molecule has 1 rings (SSSR count). The molecule has 1 fully saturated rings. The molecule has 1 nitrogen and oxygen atoms in total. The van der Waals surface area contributed by atoms with E-state index in [0.29, 0.717) is 0 Å². The zero-order valence-electron chi connectivity index (χ0n) is 8.14. The van der Waals surface area contributed by atoms with Crippen LogP contribution in [0.3, 0.4) is 0 Å². The predicted octanol–water partition coefficient (Wildman–Crippen LogP) is 2.37. The van der Waals surface area contributed by atoms with Gasteiger partial charge in [0.1, 0.15) is 0 Å². The van der Waals surface area contributed by atoms with Crippen LogP contribution in [0.5, 0.6) is 0 Å². The van der Waals surface area contributed by atoms with Gasteiger partial charge in [-0.05, 0) is 38.8 Å². The van der Waals surface area contributed by atoms with Crippen LogP contribution in [-0.2, 0) is 0 Å². The Morgan fingerprint density at radius 2 is 2.00 bits per heavy atom. The van der Waals surface area contributed by atoms with Crippen LogP contribution >= 0.6 is 0 Å². The SMILES string of the molecule is C[C@@H]1CCCC(CN(C)C)C1. The molecule has 1 aliphatic carbocycles. The van der Waals surface area contributed by atoms with Crippen LogP contribution in [-0.4, -0.2) is 25.5 Å². The maximum absolute atomic E-state index is 2.39. The molecule has 1 aliphatic rings. The van der Waals surface area contributed by atoms with E-state index < -0.39 is 0 Å². The summed E-state index contributed by atoms with van der Waals surface area (Å²) in [7, 11) is 4.36. The fraction of sp³-hybridized carbons (Fsp3) is 1.00. The Labute approximate surface area is 70.8 Å². The lowest BCUT2D eigenvalue weighted by Crippen LogP contribution is -2.25. The minimum absolute atomic E-state index is 0.980. The highest BCUT2D eigenvalue weighted by Gasteiger charge is 2.18. The van der Waals surface area contributed by atoms with Gasteiger partial charge in [-0.2, -0.15) is 0 Å². The van der Waals surface area contributed by atoms with Crippen LogP contribution in [0.15, 0.2) is 0 Å². The third-order valence-corrected chi connectivity index (χ3v) is 2.67. The number of hydrogen-bond donors (Lipinski definition) is 0. The second-order valence-electron chi connectivity index (χ2n) is 4.40. The first-order valence-corrected chi connectivity index (χ1v) is 4.83. The molecule has 11 heavy (non-hydrogen) atoms. The molecule has 66 valence electrons. The third-order valence-electron chi connectivity index (χ3n) is 2.67. The Kier molecular flexibility index (Phi) is 3.38. The van der Waals surface area contributed by atoms with Crippen LogP contribution in [0.25, 0.3) is 0 Å². The summed E-state index contributed by atoms with van der Waals surface area (Å²) in [5.41, 5.74) is 0. The largest absolute Gasteiger partial charge is 0.309 e. The maximum atomic E-state index is 2.39. The Morgan fingerprint density at radius 3 is 2.55 bits per heavy atom. The van der Waals surface area contributed by atoms with Crippen molar-refractivity contribution in [2.75, 3.05) is 20.6 Å². The molecular weight excluding hydrogens is 134 g/mol. The predicted molar refractivity (Wildman–Crippen MR) is 49.7 cm³/mol. The van der Waals surface area contributed by atoms with Crippen molar-refractivity contribution in [1.29, 1.82) is 0 Å². The molecule has 0 saturated heterocycles. The summed E-state index contributed by atoms with van der Waals surface area (Å²) in [5.74, 6) is 1.96. The van der Waals surface area contributed by atoms with Crippen molar-refractivity contribution in [3.05, 3.63) is 0 Å². The van der Waals surface area contributed by atoms with E-state index in [1.807, 2.05) is 0 Å². The molecule has 0 aromatic rings. The highest BCUT2D eigenvalue weighted by molar-refractivity contribution is 4.71. The molecule has 1 unspecified atom stereocenters. The molecule has 0 heterocycles. The Bertz CT molecular complexity index is 107. The van der Waals surface area contributed by atoms with E-state index in [1.54, 1.807) is 0 Å². The molecule has 0 aromatic heterocycles. The lowest BCUT2D eigenvalue weighted by atomic mass is 9.82. The van der Waals surface area contributed by atoms with Gasteiger partial charge < -0.3 is 4.90 Å². The molecule has 1 heteroatoms. The number of nitrogens with zero attached hydrogens (tertiary/aromatic N) is 1. The van der Waals surface area contributed by atoms with E-state index in [1.165, 1.54) is 32.2 Å². The summed E-state index contributed by atoms with van der Waals surface area (Å²) in [6.07, 6.45) is 5.84. The average molecular weight is 155 g/mol. The van der Waals surface area contributed by atoms with Crippen molar-refractivity contribution in [3.8, 4) is 0 Å². The molecule has 0 N–H and O–H groups in total. The summed E-state index contributed by atoms with van der Waals surface area (Å²) in [6, 6.07) is 0. The molecule has 0 amide bonds. The summed E-state index contributed by atoms with van der Waals surface area (Å²) in [6.45, 7) is 3.69. The van der Waals surface area contributed by atoms with E-state index in [4.69, 9.17) is 0 Å². The fourth-order valence-corrected chi connectivity index (χ4v) is 2.24. The average Bonchev–Trinajstić information content (AvgIpc) is 1.85. The zero-order valence-corrected chi connectivity index (χ0v) is 8.14. The highest BCUT2D eigenvalue weighted by atomic mass is 15.1. The minimum Gasteiger partial charge on any atom is -0.309 e. The number of hydrogen-bond acceptors (Lipinski definition) is 1. The number of rotatable bonds is 2. The lowest BCUT2D eigenvalue weighted by Gasteiger charge is -2.28. The second-order valence-corrected chi connectivity index (χ2v) is 4.40. The van der Waals surface area contributed by atoms with Gasteiger partial charge in [0.05, 0.1) is 0 Å². The van der Waals surface area contributed by atoms with Gasteiger partial charge in [0.2, 0.25) is 0 Å². The second kappa shape index (κ2) is 4.10. The Morgan fingerprint density at radius 1 is 1.27 bits per heavy atom. The fourth-order valence-electron chi connectivity index (χ4n) is 2.24. The quantitative estimate of drug-likeness (QED) is 0.592. The van der Waals surface area contributed by atoms with E-state index in [-0.39, 0.29) is 0 Å². The molecule has 1 saturated carbocycles. The molecule has 0 spiro atoms. The zero-order chi connectivity index (χ0) is 8.27. The van der Waals surface area contributed by atoms with Crippen molar-refractivity contribution < 1.29 is 0 Å². The van der Waals surface area contributed by atoms with Gasteiger partial charge in [0, 0.05) is 6.54 Å². The van der Waals surface area contributed by atoms with Crippen LogP contribution in [0.4, 0.5) is 0 Å². The van der Waals surface area contributed by atoms with Crippen LogP contribution in [0, 0.1) is 11.8 Å². The van der Waals surface area contributed by atoms with Crippen LogP contribution in [0.1, 0.15) is 32.6 Å². The summed E-state index contributed by atoms with van der Waals surface area (Å²) in [5, 5.41) is 0. The third kappa shape index (κ3) is 3.24. The normalized spacial score (nSPS) is 32.7. The first-order valence-electron chi connectivity index (χ1n) is 4.83. The summed E-state index contributed by atoms with van der Waals surface area (Å²) in [4.78, 5) is 2.32. The topological polar surface area (TPSA) is 3.24 Å². The van der Waals surface area contributed by atoms with Crippen molar-refractivity contribution in [3.63, 3.8) is 0 Å². The summed E-state index contributed by atoms with van der Waals surface area (Å²) < 4.78 is 0. The highest BCUT2D eigenvalue weighted by Crippen LogP contribution is 2.28. The molecule has 0 aliphatic heterocycles. The first-order chi connectivity index (χ1) is 5.18. The van der Waals surface area contributed by atoms with Crippen molar-refractivity contribution in [1.82, 2.24) is 4.90 Å². The summed E-state index contributed by atoms with van der Waals surface area (Å²) >= 11 is 0. The van der Waals surface area contributed by atoms with E-state index >= 15 is 0 Å². The smallest absolute Gasteiger partial charge is 0.000366 e. The van der Waals surface area contributed by atoms with Gasteiger partial charge in [0.25, 0.3) is 0 Å². The van der Waals surface area contributed by atoms with Gasteiger partial charge in [0.15, 0.2) is 0 Å². The van der Waals surface area contributed by atoms with Gasteiger partial charge in [-0.25, -0.2) is 0 Å². The molecule has 0 radical (unpaired) electrons. The van der Waals surface area contributed by atoms with Gasteiger partial charge >= 0.3 is 0 Å². The van der Waals surface area contributed by atoms with Crippen molar-refractivity contribution in [2.24, 2.45) is 11.8 Å². The molecule has 0 aromatic carbocycles. The first kappa shape index (κ1) is 9.05. The maximum Gasteiger partial charge on any atom is 0.000366 e. The van der Waals surface area contributed by atoms with Gasteiger partial charge in [-0.15, -0.1) is 0 Å². The van der Waals surface area contributed by atoms with E-state index in [9.17, 15) is 0 Å². The molecule has 0 bridgehead atoms. The Hall–Kier alpha value is -0.0400. The Balaban J connectivity index is 2.23. The van der Waals surface area contributed by atoms with Gasteiger partial charge in [-0.3, -0.25) is 0 Å².